The third-order valence-electron chi connectivity index (χ3n) is 12.2. The Morgan fingerprint density at radius 3 is 2.67 bits per heavy atom. The number of aliphatic hydroxyl groups is 1. The van der Waals surface area contributed by atoms with Gasteiger partial charge < -0.3 is 35.4 Å². The van der Waals surface area contributed by atoms with Gasteiger partial charge >= 0.3 is 0 Å². The summed E-state index contributed by atoms with van der Waals surface area (Å²) in [5, 5.41) is 27.6. The van der Waals surface area contributed by atoms with Crippen LogP contribution in [0.4, 0.5) is 5.69 Å². The fraction of sp³-hybridized carbons (Fsp3) is 0.591. The molecule has 3 aliphatic heterocycles. The van der Waals surface area contributed by atoms with E-state index in [4.69, 9.17) is 25.6 Å². The van der Waals surface area contributed by atoms with Gasteiger partial charge in [-0.2, -0.15) is 0 Å². The van der Waals surface area contributed by atoms with Crippen LogP contribution in [0.5, 0.6) is 5.75 Å². The second kappa shape index (κ2) is 17.0. The highest BCUT2D eigenvalue weighted by Crippen LogP contribution is 2.63. The Labute approximate surface area is 328 Å². The van der Waals surface area contributed by atoms with Crippen LogP contribution in [0.2, 0.25) is 0 Å². The summed E-state index contributed by atoms with van der Waals surface area (Å²) >= 11 is 0. The lowest BCUT2D eigenvalue weighted by Gasteiger charge is -2.37. The monoisotopic (exact) mass is 753 g/mol. The lowest BCUT2D eigenvalue weighted by atomic mass is 9.71. The minimum Gasteiger partial charge on any atom is -0.506 e. The number of aliphatic imine (C=N–C) groups is 1. The van der Waals surface area contributed by atoms with Crippen LogP contribution >= 0.6 is 0 Å². The smallest absolute Gasteiger partial charge is 0.198 e. The van der Waals surface area contributed by atoms with Crippen molar-refractivity contribution in [3.05, 3.63) is 82.4 Å². The Hall–Kier alpha value is -4.06. The van der Waals surface area contributed by atoms with Gasteiger partial charge in [-0.25, -0.2) is 4.99 Å². The number of amidine groups is 1. The second-order valence-corrected chi connectivity index (χ2v) is 17.2. The molecule has 0 bridgehead atoms. The summed E-state index contributed by atoms with van der Waals surface area (Å²) in [6.07, 6.45) is 18.1. The summed E-state index contributed by atoms with van der Waals surface area (Å²) in [6, 6.07) is 8.39. The molecule has 6 N–H and O–H groups in total. The molecule has 11 nitrogen and oxygen atoms in total. The molecule has 3 aliphatic carbocycles. The molecule has 298 valence electrons. The van der Waals surface area contributed by atoms with Crippen LogP contribution in [0.15, 0.2) is 87.4 Å². The Kier molecular flexibility index (Phi) is 12.1. The van der Waals surface area contributed by atoms with Crippen LogP contribution in [-0.4, -0.2) is 103 Å². The highest BCUT2D eigenvalue weighted by atomic mass is 16.5. The maximum Gasteiger partial charge on any atom is 0.198 e. The Morgan fingerprint density at radius 1 is 1.11 bits per heavy atom. The molecule has 6 aliphatic rings. The number of anilines is 1. The van der Waals surface area contributed by atoms with Crippen LogP contribution in [0.1, 0.15) is 85.5 Å². The van der Waals surface area contributed by atoms with Crippen LogP contribution < -0.4 is 21.1 Å². The fourth-order valence-electron chi connectivity index (χ4n) is 8.91. The molecule has 0 aromatic heterocycles. The number of nitrogens with zero attached hydrogens (tertiary/aromatic N) is 4. The van der Waals surface area contributed by atoms with Gasteiger partial charge in [-0.3, -0.25) is 15.6 Å². The van der Waals surface area contributed by atoms with Crippen molar-refractivity contribution >= 4 is 17.5 Å². The molecule has 3 unspecified atom stereocenters. The van der Waals surface area contributed by atoms with Crippen molar-refractivity contribution < 1.29 is 14.6 Å². The van der Waals surface area contributed by atoms with E-state index >= 15 is 0 Å². The first-order chi connectivity index (χ1) is 26.5. The van der Waals surface area contributed by atoms with Gasteiger partial charge in [-0.05, 0) is 99.6 Å². The van der Waals surface area contributed by atoms with E-state index in [-0.39, 0.29) is 22.8 Å². The number of guanidine groups is 1. The van der Waals surface area contributed by atoms with Gasteiger partial charge in [-0.1, -0.05) is 39.0 Å². The maximum atomic E-state index is 11.4. The highest BCUT2D eigenvalue weighted by molar-refractivity contribution is 6.04. The number of hydrogen-bond acceptors (Lipinski definition) is 8. The number of nitrogens with two attached hydrogens (primary N) is 1. The van der Waals surface area contributed by atoms with E-state index in [1.165, 1.54) is 23.1 Å². The zero-order valence-corrected chi connectivity index (χ0v) is 33.6. The molecule has 2 saturated heterocycles. The molecule has 1 spiro atoms. The number of piperidine rings is 1. The lowest BCUT2D eigenvalue weighted by molar-refractivity contribution is 0.0322. The Balaban J connectivity index is 1.02. The maximum absolute atomic E-state index is 11.4. The van der Waals surface area contributed by atoms with Crippen molar-refractivity contribution in [2.24, 2.45) is 21.6 Å². The van der Waals surface area contributed by atoms with E-state index in [2.05, 4.69) is 60.3 Å². The molecule has 3 heterocycles. The molecule has 55 heavy (non-hydrogen) atoms. The summed E-state index contributed by atoms with van der Waals surface area (Å²) in [4.78, 5) is 11.6. The van der Waals surface area contributed by atoms with Gasteiger partial charge in [-0.15, -0.1) is 0 Å². The summed E-state index contributed by atoms with van der Waals surface area (Å²) < 4.78 is 11.6. The first kappa shape index (κ1) is 39.2. The molecular weight excluding hydrogens is 689 g/mol. The molecule has 3 atom stereocenters. The number of morpholine rings is 1. The molecule has 1 aromatic rings. The zero-order chi connectivity index (χ0) is 38.6. The second-order valence-electron chi connectivity index (χ2n) is 17.2. The minimum atomic E-state index is -0.204. The molecular formula is C44H64N8O3. The van der Waals surface area contributed by atoms with E-state index < -0.39 is 0 Å². The van der Waals surface area contributed by atoms with Gasteiger partial charge in [0.2, 0.25) is 0 Å². The van der Waals surface area contributed by atoms with Crippen LogP contribution in [0.3, 0.4) is 0 Å². The van der Waals surface area contributed by atoms with Crippen molar-refractivity contribution in [2.75, 3.05) is 64.4 Å². The summed E-state index contributed by atoms with van der Waals surface area (Å²) in [5.41, 5.74) is 13.3. The van der Waals surface area contributed by atoms with Crippen LogP contribution in [-0.2, 0) is 4.74 Å². The standard InChI is InChI=1S/C44H64N8O3/c1-31(48-41(28-39(45)43(2,3)4)49-32-11-8-12-33(27-32)55-26-23-50-21-24-54-25-22-50)47-40-29-44(40)17-10-14-35-34(13-9-15-37(35)44)36-16-20-52(30-38(36)53)42(46)51-18-6-5-7-19-51/h8,11-12,15-16,27-28,30-31,40,46-47,53H,5-7,9-10,13-14,17-26,29,45H2,1-4H3,(H,48,49). The number of allylic oxidation sites excluding steroid dienone is 4. The van der Waals surface area contributed by atoms with E-state index in [9.17, 15) is 5.11 Å². The van der Waals surface area contributed by atoms with Gasteiger partial charge in [0.25, 0.3) is 0 Å². The molecule has 7 rings (SSSR count). The topological polar surface area (TPSA) is 135 Å². The number of benzene rings is 1. The van der Waals surface area contributed by atoms with Gasteiger partial charge in [0, 0.05) is 85.4 Å². The summed E-state index contributed by atoms with van der Waals surface area (Å²) in [6.45, 7) is 15.9. The van der Waals surface area contributed by atoms with Crippen molar-refractivity contribution in [1.82, 2.24) is 20.0 Å². The Bertz CT molecular complexity index is 1760. The van der Waals surface area contributed by atoms with Crippen LogP contribution in [0.25, 0.3) is 0 Å². The normalized spacial score (nSPS) is 25.9. The summed E-state index contributed by atoms with van der Waals surface area (Å²) in [7, 11) is 0. The first-order valence-corrected chi connectivity index (χ1v) is 20.8. The lowest BCUT2D eigenvalue weighted by Crippen LogP contribution is -2.44. The van der Waals surface area contributed by atoms with Crippen molar-refractivity contribution in [3.8, 4) is 5.75 Å². The average Bonchev–Trinajstić information content (AvgIpc) is 3.85. The molecule has 11 heteroatoms. The number of aliphatic hydroxyl groups excluding tert-OH is 1. The van der Waals surface area contributed by atoms with E-state index in [0.29, 0.717) is 31.0 Å². The number of fused-ring (bicyclic) bond motifs is 2. The van der Waals surface area contributed by atoms with Gasteiger partial charge in [0.05, 0.1) is 19.4 Å². The van der Waals surface area contributed by atoms with E-state index in [1.807, 2.05) is 35.2 Å². The highest BCUT2D eigenvalue weighted by Gasteiger charge is 2.58. The van der Waals surface area contributed by atoms with Gasteiger partial charge in [0.1, 0.15) is 24.0 Å². The Morgan fingerprint density at radius 2 is 1.91 bits per heavy atom. The molecule has 0 radical (unpaired) electrons. The number of likely N-dealkylation sites (tertiary alicyclic amines) is 1. The number of rotatable bonds is 10. The number of ether oxygens (including phenoxy) is 2. The quantitative estimate of drug-likeness (QED) is 0.126. The van der Waals surface area contributed by atoms with Crippen molar-refractivity contribution in [3.63, 3.8) is 0 Å². The van der Waals surface area contributed by atoms with Gasteiger partial charge in [0.15, 0.2) is 5.96 Å². The average molecular weight is 753 g/mol. The number of nitrogens with one attached hydrogen (secondary N) is 3. The molecule has 1 aromatic carbocycles. The SMILES string of the molecule is CC(N=C(C=C(N)C(C)(C)C)Nc1cccc(OCCN2CCOCC2)c1)NC1CC12CCCC1=C(C3=CCN(C(=N)N4CCCCC4)C=C3O)CCC=C12. The fourth-order valence-corrected chi connectivity index (χ4v) is 8.91. The van der Waals surface area contributed by atoms with Crippen molar-refractivity contribution in [2.45, 2.75) is 97.7 Å². The third-order valence-corrected chi connectivity index (χ3v) is 12.2. The van der Waals surface area contributed by atoms with Crippen molar-refractivity contribution in [1.29, 1.82) is 5.41 Å². The largest absolute Gasteiger partial charge is 0.506 e. The zero-order valence-electron chi connectivity index (χ0n) is 33.6. The number of hydrogen-bond donors (Lipinski definition) is 5. The first-order valence-electron chi connectivity index (χ1n) is 20.8. The predicted octanol–water partition coefficient (Wildman–Crippen LogP) is 7.05. The van der Waals surface area contributed by atoms with Crippen LogP contribution in [0, 0.1) is 16.2 Å². The molecule has 4 fully saturated rings. The van der Waals surface area contributed by atoms with E-state index in [1.54, 1.807) is 6.20 Å². The minimum absolute atomic E-state index is 0.0980. The molecule has 0 amide bonds. The summed E-state index contributed by atoms with van der Waals surface area (Å²) in [5.74, 6) is 2.32. The molecule has 2 saturated carbocycles. The predicted molar refractivity (Wildman–Crippen MR) is 222 cm³/mol. The third kappa shape index (κ3) is 9.33. The van der Waals surface area contributed by atoms with E-state index in [0.717, 1.165) is 120 Å².